The second kappa shape index (κ2) is 26.4. The molecule has 2 aliphatic carbocycles. The largest absolute Gasteiger partial charge is 0.507 e. The number of hydrogen-bond acceptors (Lipinski definition) is 18. The van der Waals surface area contributed by atoms with E-state index in [4.69, 9.17) is 18.9 Å². The number of ketones is 2. The van der Waals surface area contributed by atoms with Gasteiger partial charge in [0.25, 0.3) is 0 Å². The van der Waals surface area contributed by atoms with Crippen molar-refractivity contribution in [2.45, 2.75) is 120 Å². The number of thioether (sulfide) groups is 1. The summed E-state index contributed by atoms with van der Waals surface area (Å²) < 4.78 is 21.3. The molecule has 2 aromatic rings. The molecule has 7 amide bonds. The molecule has 2 aromatic carbocycles. The number of aromatic hydroxyl groups is 2. The average Bonchev–Trinajstić information content (AvgIpc) is 3.91. The second-order valence-corrected chi connectivity index (χ2v) is 21.3. The molecule has 5 unspecified atom stereocenters. The molecule has 24 heteroatoms. The third kappa shape index (κ3) is 13.4. The molecule has 0 bridgehead atoms. The molecule has 0 aromatic heterocycles. The van der Waals surface area contributed by atoms with Crippen LogP contribution < -0.4 is 26.0 Å². The molecule has 77 heavy (non-hydrogen) atoms. The molecule has 8 rings (SSSR count). The topological polar surface area (TPSA) is 309 Å². The molecule has 6 aliphatic rings. The van der Waals surface area contributed by atoms with Crippen LogP contribution in [0.1, 0.15) is 109 Å². The number of nitrogens with zero attached hydrogens (tertiary/aromatic N) is 3. The summed E-state index contributed by atoms with van der Waals surface area (Å²) in [5.41, 5.74) is -0.0500. The first-order chi connectivity index (χ1) is 36.9. The Morgan fingerprint density at radius 3 is 2.25 bits per heavy atom. The third-order valence-corrected chi connectivity index (χ3v) is 16.8. The quantitative estimate of drug-likeness (QED) is 0.0628. The zero-order chi connectivity index (χ0) is 55.7. The van der Waals surface area contributed by atoms with Crippen LogP contribution in [0.15, 0.2) is 18.2 Å². The summed E-state index contributed by atoms with van der Waals surface area (Å²) in [5, 5.41) is 42.6. The van der Waals surface area contributed by atoms with Gasteiger partial charge >= 0.3 is 0 Å². The lowest BCUT2D eigenvalue weighted by molar-refractivity contribution is -0.190. The number of nitrogens with one attached hydrogen (secondary N) is 4. The van der Waals surface area contributed by atoms with Crippen molar-refractivity contribution < 1.29 is 77.4 Å². The SMILES string of the molecule is CCC(CC)SC1CC(=O)N(CCC(=O)NCC(=O)NCC(=O)NC2CCN(CCNC(=O)[C@H]3CCc4c(O)c5c(c(O)c4C3)C(=O)c3cccc(OC)c3C5=O)C2=O)C1=O.COC1CN(C2CCOC(C)[C@H]2O)CCO1. The molecule has 23 nitrogen and oxygen atoms in total. The molecule has 4 saturated heterocycles. The highest BCUT2D eigenvalue weighted by Gasteiger charge is 2.43. The number of phenolic OH excluding ortho intramolecular Hbond substituents is 2. The normalized spacial score (nSPS) is 24.1. The number of benzene rings is 2. The van der Waals surface area contributed by atoms with Crippen molar-refractivity contribution in [3.05, 3.63) is 51.6 Å². The van der Waals surface area contributed by atoms with E-state index in [1.165, 1.54) is 35.9 Å². The van der Waals surface area contributed by atoms with Crippen LogP contribution in [0, 0.1) is 5.92 Å². The van der Waals surface area contributed by atoms with E-state index in [-0.39, 0.29) is 133 Å². The number of carbonyl (C=O) groups is 9. The van der Waals surface area contributed by atoms with Crippen LogP contribution in [0.5, 0.6) is 17.2 Å². The van der Waals surface area contributed by atoms with Gasteiger partial charge in [-0.15, -0.1) is 11.8 Å². The lowest BCUT2D eigenvalue weighted by Crippen LogP contribution is -2.57. The standard InChI is InChI=1S/C42H50N6O12S.C11H21NO4/c1-4-22(5-2)61-28-18-32(52)48(42(28)59)15-12-29(49)44-19-30(50)45-20-31(51)46-26-11-14-47(41(26)58)16-13-43-40(57)21-9-10-23-25(17-21)38(55)34-35(36(23)53)39(56)33-24(37(34)54)7-6-8-27(33)60-3;1-8-11(13)9(3-5-15-8)12-4-6-16-10(7-12)14-2/h6-8,21-22,26,28,53,55H,4-5,9-20H2,1-3H3,(H,43,57)(H,44,49)(H,45,50)(H,46,51);8-11,13H,3-7H2,1-2H3/t21-,26?,28?;8?,9?,10?,11-/m01/s1. The summed E-state index contributed by atoms with van der Waals surface area (Å²) in [6, 6.07) is 3.85. The van der Waals surface area contributed by atoms with Gasteiger partial charge in [-0.2, -0.15) is 0 Å². The molecular formula is C53H71N7O16S. The van der Waals surface area contributed by atoms with Gasteiger partial charge in [-0.25, -0.2) is 0 Å². The number of hydrogen-bond donors (Lipinski definition) is 7. The van der Waals surface area contributed by atoms with Crippen molar-refractivity contribution in [2.24, 2.45) is 5.92 Å². The predicted octanol–water partition coefficient (Wildman–Crippen LogP) is 0.321. The maximum absolute atomic E-state index is 13.5. The van der Waals surface area contributed by atoms with E-state index < -0.39 is 77.2 Å². The third-order valence-electron chi connectivity index (χ3n) is 15.1. The number of rotatable bonds is 19. The zero-order valence-electron chi connectivity index (χ0n) is 44.2. The lowest BCUT2D eigenvalue weighted by Gasteiger charge is -2.43. The second-order valence-electron chi connectivity index (χ2n) is 19.8. The Balaban J connectivity index is 0.000000457. The monoisotopic (exact) mass is 1090 g/mol. The van der Waals surface area contributed by atoms with Crippen molar-refractivity contribution in [3.63, 3.8) is 0 Å². The van der Waals surface area contributed by atoms with Crippen LogP contribution in [0.4, 0.5) is 0 Å². The van der Waals surface area contributed by atoms with Crippen LogP contribution in [0.2, 0.25) is 0 Å². The molecule has 4 aliphatic heterocycles. The molecule has 4 fully saturated rings. The highest BCUT2D eigenvalue weighted by molar-refractivity contribution is 8.01. The number of likely N-dealkylation sites (tertiary alicyclic amines) is 2. The van der Waals surface area contributed by atoms with Gasteiger partial charge in [0.2, 0.25) is 47.1 Å². The van der Waals surface area contributed by atoms with Gasteiger partial charge < -0.3 is 60.4 Å². The molecule has 7 N–H and O–H groups in total. The van der Waals surface area contributed by atoms with Gasteiger partial charge in [-0.1, -0.05) is 26.0 Å². The van der Waals surface area contributed by atoms with Gasteiger partial charge in [-0.05, 0) is 57.9 Å². The Morgan fingerprint density at radius 2 is 1.52 bits per heavy atom. The van der Waals surface area contributed by atoms with Crippen molar-refractivity contribution in [2.75, 3.05) is 79.8 Å². The summed E-state index contributed by atoms with van der Waals surface area (Å²) in [5.74, 6) is -5.80. The Hall–Kier alpha value is -6.18. The number of fused-ring (bicyclic) bond motifs is 3. The predicted molar refractivity (Wildman–Crippen MR) is 277 cm³/mol. The van der Waals surface area contributed by atoms with Gasteiger partial charge in [0.15, 0.2) is 12.1 Å². The number of ether oxygens (including phenoxy) is 4. The van der Waals surface area contributed by atoms with Gasteiger partial charge in [-0.3, -0.25) is 53.0 Å². The Bertz CT molecular complexity index is 2600. The minimum Gasteiger partial charge on any atom is -0.507 e. The number of carbonyl (C=O) groups excluding carboxylic acids is 9. The van der Waals surface area contributed by atoms with Crippen LogP contribution in [0.3, 0.4) is 0 Å². The van der Waals surface area contributed by atoms with E-state index in [0.29, 0.717) is 25.1 Å². The number of morpholine rings is 1. The number of amides is 7. The minimum atomic E-state index is -0.845. The van der Waals surface area contributed by atoms with E-state index in [1.807, 2.05) is 20.8 Å². The molecule has 0 spiro atoms. The molecule has 4 heterocycles. The maximum Gasteiger partial charge on any atom is 0.245 e. The van der Waals surface area contributed by atoms with Crippen molar-refractivity contribution >= 4 is 64.7 Å². The number of aliphatic hydroxyl groups is 1. The summed E-state index contributed by atoms with van der Waals surface area (Å²) in [6.07, 6.45) is 2.64. The van der Waals surface area contributed by atoms with E-state index >= 15 is 0 Å². The smallest absolute Gasteiger partial charge is 0.245 e. The van der Waals surface area contributed by atoms with Crippen LogP contribution >= 0.6 is 11.8 Å². The first-order valence-corrected chi connectivity index (χ1v) is 27.3. The molecule has 7 atom stereocenters. The minimum absolute atomic E-state index is 0.00151. The number of phenols is 2. The van der Waals surface area contributed by atoms with Crippen molar-refractivity contribution in [1.82, 2.24) is 36.0 Å². The summed E-state index contributed by atoms with van der Waals surface area (Å²) >= 11 is 1.48. The van der Waals surface area contributed by atoms with Gasteiger partial charge in [0, 0.05) is 99.7 Å². The number of imide groups is 1. The number of methoxy groups -OCH3 is 2. The Kier molecular flexibility index (Phi) is 20.1. The highest BCUT2D eigenvalue weighted by atomic mass is 32.2. The van der Waals surface area contributed by atoms with Crippen LogP contribution in [-0.4, -0.2) is 204 Å². The van der Waals surface area contributed by atoms with Gasteiger partial charge in [0.1, 0.15) is 23.3 Å². The van der Waals surface area contributed by atoms with E-state index in [2.05, 4.69) is 26.2 Å². The fourth-order valence-electron chi connectivity index (χ4n) is 10.7. The summed E-state index contributed by atoms with van der Waals surface area (Å²) in [4.78, 5) is 120. The average molecular weight is 1090 g/mol. The van der Waals surface area contributed by atoms with Gasteiger partial charge in [0.05, 0.1) is 61.0 Å². The van der Waals surface area contributed by atoms with E-state index in [0.717, 1.165) is 43.9 Å². The summed E-state index contributed by atoms with van der Waals surface area (Å²) in [7, 11) is 3.01. The lowest BCUT2D eigenvalue weighted by atomic mass is 9.75. The maximum atomic E-state index is 13.5. The van der Waals surface area contributed by atoms with E-state index in [9.17, 15) is 58.5 Å². The Morgan fingerprint density at radius 1 is 0.805 bits per heavy atom. The molecule has 0 radical (unpaired) electrons. The van der Waals surface area contributed by atoms with Crippen LogP contribution in [-0.2, 0) is 60.6 Å². The molecule has 0 saturated carbocycles. The number of aliphatic hydroxyl groups excluding tert-OH is 1. The first kappa shape index (κ1) is 58.5. The van der Waals surface area contributed by atoms with Crippen molar-refractivity contribution in [3.8, 4) is 17.2 Å². The Labute approximate surface area is 450 Å². The molecular weight excluding hydrogens is 1020 g/mol. The van der Waals surface area contributed by atoms with Crippen LogP contribution in [0.25, 0.3) is 0 Å². The fourth-order valence-corrected chi connectivity index (χ4v) is 12.0. The summed E-state index contributed by atoms with van der Waals surface area (Å²) in [6.45, 7) is 8.50. The fraction of sp³-hybridized carbons (Fsp3) is 0.604. The van der Waals surface area contributed by atoms with E-state index in [1.54, 1.807) is 13.2 Å². The zero-order valence-corrected chi connectivity index (χ0v) is 45.0. The molecule has 420 valence electrons. The first-order valence-electron chi connectivity index (χ1n) is 26.3. The highest BCUT2D eigenvalue weighted by Crippen LogP contribution is 2.47. The van der Waals surface area contributed by atoms with Crippen molar-refractivity contribution in [1.29, 1.82) is 0 Å².